The maximum Gasteiger partial charge on any atom is 0.115 e. The van der Waals surface area contributed by atoms with E-state index in [0.717, 1.165) is 38.3 Å². The molecule has 4 rings (SSSR count). The van der Waals surface area contributed by atoms with Crippen molar-refractivity contribution >= 4 is 0 Å². The van der Waals surface area contributed by atoms with Crippen LogP contribution in [0.25, 0.3) is 0 Å². The molecule has 0 bridgehead atoms. The highest BCUT2D eigenvalue weighted by Crippen LogP contribution is 2.34. The summed E-state index contributed by atoms with van der Waals surface area (Å²) in [6.07, 6.45) is 0. The molecule has 3 atom stereocenters. The molecule has 0 amide bonds. The van der Waals surface area contributed by atoms with E-state index in [1.54, 1.807) is 12.1 Å². The standard InChI is InChI=1S/C22H28N2O2/c1-22(26,20-7-9-21(25)10-8-20)16-24-14-18-12-23(13-19(18)15-24)11-17-5-3-2-4-6-17/h2-10,18-19,25-26H,11-16H2,1H3/t18-,19?,22?/m0/s1. The SMILES string of the molecule is CC(O)(CN1CC2CN(Cc3ccccc3)C[C@H]2C1)c1ccc(O)cc1. The van der Waals surface area contributed by atoms with Gasteiger partial charge in [-0.05, 0) is 42.0 Å². The van der Waals surface area contributed by atoms with E-state index in [-0.39, 0.29) is 5.75 Å². The topological polar surface area (TPSA) is 46.9 Å². The molecule has 4 heteroatoms. The first kappa shape index (κ1) is 17.5. The zero-order valence-electron chi connectivity index (χ0n) is 15.4. The smallest absolute Gasteiger partial charge is 0.115 e. The van der Waals surface area contributed by atoms with Crippen molar-refractivity contribution in [3.63, 3.8) is 0 Å². The van der Waals surface area contributed by atoms with Crippen LogP contribution in [0.5, 0.6) is 5.75 Å². The third kappa shape index (κ3) is 3.78. The van der Waals surface area contributed by atoms with Crippen molar-refractivity contribution in [2.24, 2.45) is 11.8 Å². The minimum Gasteiger partial charge on any atom is -0.508 e. The number of β-amino-alcohol motifs (C(OH)–C–C–N with tert-alkyl or cyclic N) is 1. The van der Waals surface area contributed by atoms with Crippen molar-refractivity contribution in [2.45, 2.75) is 19.1 Å². The lowest BCUT2D eigenvalue weighted by atomic mass is 9.95. The molecular weight excluding hydrogens is 324 g/mol. The predicted octanol–water partition coefficient (Wildman–Crippen LogP) is 2.66. The minimum atomic E-state index is -0.893. The van der Waals surface area contributed by atoms with Crippen LogP contribution in [0.15, 0.2) is 54.6 Å². The Balaban J connectivity index is 1.32. The summed E-state index contributed by atoms with van der Waals surface area (Å²) in [5.74, 6) is 1.64. The fraction of sp³-hybridized carbons (Fsp3) is 0.455. The van der Waals surface area contributed by atoms with Gasteiger partial charge in [0, 0.05) is 39.3 Å². The average Bonchev–Trinajstić information content (AvgIpc) is 3.13. The lowest BCUT2D eigenvalue weighted by Crippen LogP contribution is -2.39. The zero-order chi connectivity index (χ0) is 18.1. The number of benzene rings is 2. The molecule has 0 aliphatic carbocycles. The first-order chi connectivity index (χ1) is 12.5. The monoisotopic (exact) mass is 352 g/mol. The summed E-state index contributed by atoms with van der Waals surface area (Å²) in [6.45, 7) is 7.97. The molecule has 2 aliphatic heterocycles. The largest absolute Gasteiger partial charge is 0.508 e. The van der Waals surface area contributed by atoms with Crippen LogP contribution in [0, 0.1) is 11.8 Å². The normalized spacial score (nSPS) is 25.9. The lowest BCUT2D eigenvalue weighted by molar-refractivity contribution is 0.0196. The Kier molecular flexibility index (Phi) is 4.74. The number of hydrogen-bond donors (Lipinski definition) is 2. The fourth-order valence-electron chi connectivity index (χ4n) is 4.63. The second kappa shape index (κ2) is 7.03. The van der Waals surface area contributed by atoms with Crippen molar-refractivity contribution in [3.8, 4) is 5.75 Å². The lowest BCUT2D eigenvalue weighted by Gasteiger charge is -2.30. The Morgan fingerprint density at radius 1 is 0.885 bits per heavy atom. The van der Waals surface area contributed by atoms with E-state index in [4.69, 9.17) is 0 Å². The average molecular weight is 352 g/mol. The van der Waals surface area contributed by atoms with Crippen molar-refractivity contribution in [1.29, 1.82) is 0 Å². The van der Waals surface area contributed by atoms with Gasteiger partial charge >= 0.3 is 0 Å². The van der Waals surface area contributed by atoms with E-state index in [0.29, 0.717) is 18.4 Å². The maximum absolute atomic E-state index is 10.9. The highest BCUT2D eigenvalue weighted by molar-refractivity contribution is 5.29. The Labute approximate surface area is 155 Å². The molecule has 2 N–H and O–H groups in total. The maximum atomic E-state index is 10.9. The van der Waals surface area contributed by atoms with Gasteiger partial charge < -0.3 is 10.2 Å². The van der Waals surface area contributed by atoms with E-state index in [1.807, 2.05) is 19.1 Å². The summed E-state index contributed by atoms with van der Waals surface area (Å²) in [5.41, 5.74) is 1.36. The molecule has 0 saturated carbocycles. The number of phenols is 1. The van der Waals surface area contributed by atoms with Gasteiger partial charge in [0.25, 0.3) is 0 Å². The summed E-state index contributed by atoms with van der Waals surface area (Å²) in [6, 6.07) is 17.6. The number of aliphatic hydroxyl groups is 1. The molecular formula is C22H28N2O2. The van der Waals surface area contributed by atoms with Crippen LogP contribution in [0.2, 0.25) is 0 Å². The molecule has 2 heterocycles. The van der Waals surface area contributed by atoms with Crippen LogP contribution in [0.1, 0.15) is 18.1 Å². The Bertz CT molecular complexity index is 716. The van der Waals surface area contributed by atoms with Gasteiger partial charge in [-0.2, -0.15) is 0 Å². The van der Waals surface area contributed by atoms with Crippen LogP contribution in [-0.2, 0) is 12.1 Å². The van der Waals surface area contributed by atoms with Gasteiger partial charge in [-0.1, -0.05) is 42.5 Å². The van der Waals surface area contributed by atoms with Crippen molar-refractivity contribution in [2.75, 3.05) is 32.7 Å². The summed E-state index contributed by atoms with van der Waals surface area (Å²) in [5, 5.41) is 20.4. The van der Waals surface area contributed by atoms with E-state index < -0.39 is 5.60 Å². The second-order valence-electron chi connectivity index (χ2n) is 8.21. The number of likely N-dealkylation sites (tertiary alicyclic amines) is 2. The molecule has 0 spiro atoms. The Morgan fingerprint density at radius 3 is 2.08 bits per heavy atom. The second-order valence-corrected chi connectivity index (χ2v) is 8.21. The van der Waals surface area contributed by atoms with E-state index in [9.17, 15) is 10.2 Å². The van der Waals surface area contributed by atoms with Crippen molar-refractivity contribution < 1.29 is 10.2 Å². The first-order valence-electron chi connectivity index (χ1n) is 9.50. The summed E-state index contributed by atoms with van der Waals surface area (Å²) >= 11 is 0. The number of phenolic OH excluding ortho intramolecular Hbond substituents is 1. The quantitative estimate of drug-likeness (QED) is 0.869. The van der Waals surface area contributed by atoms with Gasteiger partial charge in [0.05, 0.1) is 5.60 Å². The van der Waals surface area contributed by atoms with Crippen LogP contribution >= 0.6 is 0 Å². The van der Waals surface area contributed by atoms with Gasteiger partial charge in [0.2, 0.25) is 0 Å². The van der Waals surface area contributed by atoms with E-state index >= 15 is 0 Å². The molecule has 2 aliphatic rings. The molecule has 0 aromatic heterocycles. The molecule has 2 unspecified atom stereocenters. The molecule has 2 saturated heterocycles. The number of hydrogen-bond acceptors (Lipinski definition) is 4. The number of nitrogens with zero attached hydrogens (tertiary/aromatic N) is 2. The molecule has 0 radical (unpaired) electrons. The third-order valence-corrected chi connectivity index (χ3v) is 5.91. The van der Waals surface area contributed by atoms with Gasteiger partial charge in [-0.25, -0.2) is 0 Å². The molecule has 2 aromatic carbocycles. The Hall–Kier alpha value is -1.88. The van der Waals surface area contributed by atoms with E-state index in [2.05, 4.69) is 40.1 Å². The summed E-state index contributed by atoms with van der Waals surface area (Å²) in [7, 11) is 0. The minimum absolute atomic E-state index is 0.235. The molecule has 2 aromatic rings. The zero-order valence-corrected chi connectivity index (χ0v) is 15.4. The molecule has 26 heavy (non-hydrogen) atoms. The first-order valence-corrected chi connectivity index (χ1v) is 9.50. The highest BCUT2D eigenvalue weighted by Gasteiger charge is 2.41. The van der Waals surface area contributed by atoms with Gasteiger partial charge in [0.15, 0.2) is 0 Å². The van der Waals surface area contributed by atoms with Crippen LogP contribution in [-0.4, -0.2) is 52.7 Å². The fourth-order valence-corrected chi connectivity index (χ4v) is 4.63. The highest BCUT2D eigenvalue weighted by atomic mass is 16.3. The number of aromatic hydroxyl groups is 1. The summed E-state index contributed by atoms with van der Waals surface area (Å²) in [4.78, 5) is 4.97. The van der Waals surface area contributed by atoms with E-state index in [1.165, 1.54) is 5.56 Å². The van der Waals surface area contributed by atoms with Crippen molar-refractivity contribution in [3.05, 3.63) is 65.7 Å². The van der Waals surface area contributed by atoms with Gasteiger partial charge in [-0.3, -0.25) is 9.80 Å². The number of fused-ring (bicyclic) bond motifs is 1. The Morgan fingerprint density at radius 2 is 1.46 bits per heavy atom. The summed E-state index contributed by atoms with van der Waals surface area (Å²) < 4.78 is 0. The molecule has 2 fully saturated rings. The van der Waals surface area contributed by atoms with Gasteiger partial charge in [-0.15, -0.1) is 0 Å². The van der Waals surface area contributed by atoms with Crippen LogP contribution in [0.4, 0.5) is 0 Å². The third-order valence-electron chi connectivity index (χ3n) is 5.91. The van der Waals surface area contributed by atoms with Crippen molar-refractivity contribution in [1.82, 2.24) is 9.80 Å². The predicted molar refractivity (Wildman–Crippen MR) is 103 cm³/mol. The van der Waals surface area contributed by atoms with Gasteiger partial charge in [0.1, 0.15) is 5.75 Å². The van der Waals surface area contributed by atoms with Crippen LogP contribution in [0.3, 0.4) is 0 Å². The number of rotatable bonds is 5. The molecule has 4 nitrogen and oxygen atoms in total. The molecule has 138 valence electrons. The van der Waals surface area contributed by atoms with Crippen LogP contribution < -0.4 is 0 Å².